The van der Waals surface area contributed by atoms with Gasteiger partial charge in [0.1, 0.15) is 17.5 Å². The van der Waals surface area contributed by atoms with Gasteiger partial charge in [-0.2, -0.15) is 0 Å². The molecule has 29 heavy (non-hydrogen) atoms. The molecule has 4 rings (SSSR count). The second kappa shape index (κ2) is 7.91. The predicted octanol–water partition coefficient (Wildman–Crippen LogP) is 4.45. The summed E-state index contributed by atoms with van der Waals surface area (Å²) in [6, 6.07) is 17.1. The molecule has 2 heterocycles. The molecule has 0 unspecified atom stereocenters. The third-order valence-corrected chi connectivity index (χ3v) is 5.30. The average molecular weight is 391 g/mol. The fraction of sp³-hybridized carbons (Fsp3) is 0.261. The number of hydrogen-bond donors (Lipinski definition) is 1. The molecule has 6 nitrogen and oxygen atoms in total. The molecule has 1 N–H and O–H groups in total. The predicted molar refractivity (Wildman–Crippen MR) is 113 cm³/mol. The van der Waals surface area contributed by atoms with Crippen LogP contribution in [0, 0.1) is 6.92 Å². The summed E-state index contributed by atoms with van der Waals surface area (Å²) in [5, 5.41) is 3.05. The van der Waals surface area contributed by atoms with Crippen molar-refractivity contribution in [2.24, 2.45) is 0 Å². The summed E-state index contributed by atoms with van der Waals surface area (Å²) in [7, 11) is 3.28. The molecule has 0 saturated carbocycles. The number of fused-ring (bicyclic) bond motifs is 1. The number of carbonyl (C=O) groups is 1. The molecule has 6 heteroatoms. The second-order valence-electron chi connectivity index (χ2n) is 7.13. The zero-order valence-electron chi connectivity index (χ0n) is 16.9. The quantitative estimate of drug-likeness (QED) is 0.715. The molecule has 0 spiro atoms. The van der Waals surface area contributed by atoms with Crippen molar-refractivity contribution in [1.82, 2.24) is 9.47 Å². The van der Waals surface area contributed by atoms with Gasteiger partial charge in [-0.15, -0.1) is 0 Å². The second-order valence-corrected chi connectivity index (χ2v) is 7.13. The zero-order valence-corrected chi connectivity index (χ0v) is 16.9. The highest BCUT2D eigenvalue weighted by atomic mass is 16.5. The molecule has 2 aromatic carbocycles. The molecule has 0 bridgehead atoms. The molecule has 0 aliphatic carbocycles. The van der Waals surface area contributed by atoms with Gasteiger partial charge >= 0.3 is 6.03 Å². The van der Waals surface area contributed by atoms with Crippen LogP contribution < -0.4 is 14.8 Å². The largest absolute Gasteiger partial charge is 0.497 e. The van der Waals surface area contributed by atoms with Crippen molar-refractivity contribution in [2.75, 3.05) is 26.1 Å². The molecule has 1 aliphatic heterocycles. The summed E-state index contributed by atoms with van der Waals surface area (Å²) in [5.41, 5.74) is 3.82. The van der Waals surface area contributed by atoms with Crippen LogP contribution in [0.4, 0.5) is 10.5 Å². The number of benzene rings is 2. The van der Waals surface area contributed by atoms with Crippen molar-refractivity contribution in [1.29, 1.82) is 0 Å². The Balaban J connectivity index is 1.75. The van der Waals surface area contributed by atoms with E-state index in [1.165, 1.54) is 0 Å². The van der Waals surface area contributed by atoms with E-state index in [1.54, 1.807) is 14.2 Å². The lowest BCUT2D eigenvalue weighted by Crippen LogP contribution is -2.44. The third-order valence-electron chi connectivity index (χ3n) is 5.30. The summed E-state index contributed by atoms with van der Waals surface area (Å²) >= 11 is 0. The molecule has 0 saturated heterocycles. The molecule has 3 aromatic rings. The lowest BCUT2D eigenvalue weighted by atomic mass is 9.98. The number of aromatic nitrogens is 1. The molecule has 150 valence electrons. The average Bonchev–Trinajstić information content (AvgIpc) is 3.21. The van der Waals surface area contributed by atoms with Gasteiger partial charge in [-0.3, -0.25) is 0 Å². The normalized spacial score (nSPS) is 15.6. The fourth-order valence-electron chi connectivity index (χ4n) is 3.90. The van der Waals surface area contributed by atoms with Crippen molar-refractivity contribution in [3.8, 4) is 11.5 Å². The van der Waals surface area contributed by atoms with Crippen LogP contribution in [0.1, 0.15) is 22.9 Å². The van der Waals surface area contributed by atoms with Gasteiger partial charge in [-0.25, -0.2) is 4.79 Å². The van der Waals surface area contributed by atoms with Gasteiger partial charge in [-0.05, 0) is 55.0 Å². The Hall–Kier alpha value is -3.41. The lowest BCUT2D eigenvalue weighted by Gasteiger charge is -2.37. The number of hydrogen-bond acceptors (Lipinski definition) is 3. The van der Waals surface area contributed by atoms with Gasteiger partial charge in [0.25, 0.3) is 0 Å². The van der Waals surface area contributed by atoms with Crippen LogP contribution in [0.25, 0.3) is 0 Å². The van der Waals surface area contributed by atoms with E-state index in [-0.39, 0.29) is 12.1 Å². The maximum atomic E-state index is 13.3. The van der Waals surface area contributed by atoms with Crippen LogP contribution >= 0.6 is 0 Å². The minimum Gasteiger partial charge on any atom is -0.497 e. The van der Waals surface area contributed by atoms with Gasteiger partial charge in [0.2, 0.25) is 0 Å². The smallest absolute Gasteiger partial charge is 0.322 e. The first-order chi connectivity index (χ1) is 14.1. The Labute approximate surface area is 170 Å². The number of aryl methyl sites for hydroxylation is 1. The molecule has 0 fully saturated rings. The van der Waals surface area contributed by atoms with Crippen molar-refractivity contribution in [2.45, 2.75) is 19.5 Å². The Morgan fingerprint density at radius 3 is 2.66 bits per heavy atom. The maximum Gasteiger partial charge on any atom is 0.322 e. The van der Waals surface area contributed by atoms with E-state index in [4.69, 9.17) is 9.47 Å². The number of urea groups is 1. The van der Waals surface area contributed by atoms with E-state index in [2.05, 4.69) is 16.0 Å². The Morgan fingerprint density at radius 2 is 1.90 bits per heavy atom. The van der Waals surface area contributed by atoms with Gasteiger partial charge in [-0.1, -0.05) is 12.1 Å². The number of anilines is 1. The van der Waals surface area contributed by atoms with E-state index in [1.807, 2.05) is 66.6 Å². The number of ether oxygens (including phenoxy) is 2. The van der Waals surface area contributed by atoms with Crippen molar-refractivity contribution in [3.63, 3.8) is 0 Å². The van der Waals surface area contributed by atoms with Crippen LogP contribution in [0.2, 0.25) is 0 Å². The minimum absolute atomic E-state index is 0.141. The van der Waals surface area contributed by atoms with E-state index in [9.17, 15) is 4.79 Å². The standard InChI is InChI=1S/C23H25N3O3/c1-16-6-4-7-17(14-16)24-23(27)26-13-12-25-11-5-8-20(25)22(26)19-15-18(28-2)9-10-21(19)29-3/h4-11,14-15,22H,12-13H2,1-3H3,(H,24,27)/t22-/m1/s1. The third kappa shape index (κ3) is 3.66. The topological polar surface area (TPSA) is 55.7 Å². The van der Waals surface area contributed by atoms with Crippen LogP contribution in [-0.2, 0) is 6.54 Å². The Kier molecular flexibility index (Phi) is 5.16. The highest BCUT2D eigenvalue weighted by Crippen LogP contribution is 2.39. The lowest BCUT2D eigenvalue weighted by molar-refractivity contribution is 0.180. The number of methoxy groups -OCH3 is 2. The van der Waals surface area contributed by atoms with Crippen LogP contribution in [0.5, 0.6) is 11.5 Å². The molecule has 1 atom stereocenters. The molecule has 2 amide bonds. The fourth-order valence-corrected chi connectivity index (χ4v) is 3.90. The van der Waals surface area contributed by atoms with Gasteiger partial charge in [0.05, 0.1) is 14.2 Å². The minimum atomic E-state index is -0.284. The molecular weight excluding hydrogens is 366 g/mol. The van der Waals surface area contributed by atoms with Gasteiger partial charge < -0.3 is 24.3 Å². The first-order valence-corrected chi connectivity index (χ1v) is 9.62. The van der Waals surface area contributed by atoms with E-state index in [0.717, 1.165) is 40.6 Å². The van der Waals surface area contributed by atoms with Gasteiger partial charge in [0.15, 0.2) is 0 Å². The van der Waals surface area contributed by atoms with E-state index >= 15 is 0 Å². The summed E-state index contributed by atoms with van der Waals surface area (Å²) in [4.78, 5) is 15.1. The first-order valence-electron chi connectivity index (χ1n) is 9.62. The summed E-state index contributed by atoms with van der Waals surface area (Å²) in [6.45, 7) is 3.34. The molecule has 1 aromatic heterocycles. The highest BCUT2D eigenvalue weighted by Gasteiger charge is 2.34. The molecule has 1 aliphatic rings. The number of nitrogens with zero attached hydrogens (tertiary/aromatic N) is 2. The number of rotatable bonds is 4. The summed E-state index contributed by atoms with van der Waals surface area (Å²) in [6.07, 6.45) is 2.05. The van der Waals surface area contributed by atoms with E-state index in [0.29, 0.717) is 6.54 Å². The summed E-state index contributed by atoms with van der Waals surface area (Å²) < 4.78 is 13.2. The molecule has 0 radical (unpaired) electrons. The van der Waals surface area contributed by atoms with Crippen LogP contribution in [-0.4, -0.2) is 36.3 Å². The Bertz CT molecular complexity index is 1030. The number of carbonyl (C=O) groups excluding carboxylic acids is 1. The van der Waals surface area contributed by atoms with E-state index < -0.39 is 0 Å². The van der Waals surface area contributed by atoms with Gasteiger partial charge in [0, 0.05) is 36.2 Å². The SMILES string of the molecule is COc1ccc(OC)c([C@@H]2c3cccn3CCN2C(=O)Nc2cccc(C)c2)c1. The zero-order chi connectivity index (χ0) is 20.4. The number of amides is 2. The summed E-state index contributed by atoms with van der Waals surface area (Å²) in [5.74, 6) is 1.45. The van der Waals surface area contributed by atoms with Crippen molar-refractivity contribution >= 4 is 11.7 Å². The maximum absolute atomic E-state index is 13.3. The molecular formula is C23H25N3O3. The van der Waals surface area contributed by atoms with Crippen molar-refractivity contribution in [3.05, 3.63) is 77.6 Å². The monoisotopic (exact) mass is 391 g/mol. The van der Waals surface area contributed by atoms with Crippen molar-refractivity contribution < 1.29 is 14.3 Å². The first kappa shape index (κ1) is 18.9. The van der Waals surface area contributed by atoms with Crippen LogP contribution in [0.15, 0.2) is 60.8 Å². The Morgan fingerprint density at radius 1 is 1.03 bits per heavy atom. The number of nitrogens with one attached hydrogen (secondary N) is 1. The highest BCUT2D eigenvalue weighted by molar-refractivity contribution is 5.90. The van der Waals surface area contributed by atoms with Crippen LogP contribution in [0.3, 0.4) is 0 Å².